The smallest absolute Gasteiger partial charge is 0.158 e. The molecule has 10 atom stereocenters. The van der Waals surface area contributed by atoms with E-state index in [-0.39, 0.29) is 16.7 Å². The summed E-state index contributed by atoms with van der Waals surface area (Å²) >= 11 is 0. The molecule has 3 unspecified atom stereocenters. The lowest BCUT2D eigenvalue weighted by Crippen LogP contribution is -2.59. The number of hydrogen-bond acceptors (Lipinski definition) is 5. The molecule has 0 saturated heterocycles. The Balaban J connectivity index is 1.28. The quantitative estimate of drug-likeness (QED) is 0.702. The number of aliphatic hydroxyl groups is 1. The van der Waals surface area contributed by atoms with E-state index < -0.39 is 5.60 Å². The minimum Gasteiger partial charge on any atom is -0.390 e. The highest BCUT2D eigenvalue weighted by atomic mass is 16.5. The van der Waals surface area contributed by atoms with Gasteiger partial charge in [-0.25, -0.2) is 0 Å². The van der Waals surface area contributed by atoms with E-state index in [4.69, 9.17) is 10.5 Å². The molecule has 3 N–H and O–H groups in total. The van der Waals surface area contributed by atoms with Crippen molar-refractivity contribution in [2.45, 2.75) is 77.4 Å². The van der Waals surface area contributed by atoms with Crippen LogP contribution in [0.4, 0.5) is 5.82 Å². The Bertz CT molecular complexity index is 943. The summed E-state index contributed by atoms with van der Waals surface area (Å²) in [6.07, 6.45) is 10.8. The molecule has 1 aromatic heterocycles. The van der Waals surface area contributed by atoms with E-state index in [1.54, 1.807) is 10.7 Å². The first-order chi connectivity index (χ1) is 15.7. The van der Waals surface area contributed by atoms with Gasteiger partial charge < -0.3 is 15.6 Å². The van der Waals surface area contributed by atoms with E-state index in [2.05, 4.69) is 12.0 Å². The summed E-state index contributed by atoms with van der Waals surface area (Å²) in [5.41, 5.74) is 5.58. The minimum absolute atomic E-state index is 0.117. The van der Waals surface area contributed by atoms with Crippen LogP contribution in [0.5, 0.6) is 0 Å². The van der Waals surface area contributed by atoms with Crippen molar-refractivity contribution in [3.8, 4) is 0 Å². The Kier molecular flexibility index (Phi) is 4.89. The molecule has 0 bridgehead atoms. The van der Waals surface area contributed by atoms with E-state index in [1.165, 1.54) is 25.7 Å². The zero-order valence-corrected chi connectivity index (χ0v) is 20.5. The van der Waals surface area contributed by atoms with Crippen molar-refractivity contribution in [3.05, 3.63) is 12.3 Å². The molecule has 0 spiro atoms. The molecule has 6 rings (SSSR count). The Labute approximate surface area is 197 Å². The van der Waals surface area contributed by atoms with E-state index in [0.717, 1.165) is 38.2 Å². The lowest BCUT2D eigenvalue weighted by Gasteiger charge is -2.63. The normalized spacial score (nSPS) is 50.1. The molecule has 0 amide bonds. The van der Waals surface area contributed by atoms with E-state index in [0.29, 0.717) is 47.7 Å². The van der Waals surface area contributed by atoms with Gasteiger partial charge in [0.25, 0.3) is 0 Å². The van der Waals surface area contributed by atoms with Crippen LogP contribution in [0.3, 0.4) is 0 Å². The van der Waals surface area contributed by atoms with Gasteiger partial charge in [-0.1, -0.05) is 6.92 Å². The number of Topliss-reactive ketones (excluding diaryl/α,β-unsaturated/α-hetero) is 1. The van der Waals surface area contributed by atoms with Crippen molar-refractivity contribution in [1.29, 1.82) is 0 Å². The summed E-state index contributed by atoms with van der Waals surface area (Å²) < 4.78 is 7.63. The highest BCUT2D eigenvalue weighted by Gasteiger charge is 2.72. The van der Waals surface area contributed by atoms with Crippen molar-refractivity contribution in [2.24, 2.45) is 52.3 Å². The largest absolute Gasteiger partial charge is 0.390 e. The first-order valence-electron chi connectivity index (χ1n) is 13.2. The van der Waals surface area contributed by atoms with Crippen LogP contribution >= 0.6 is 0 Å². The summed E-state index contributed by atoms with van der Waals surface area (Å²) in [4.78, 5) is 13.6. The maximum Gasteiger partial charge on any atom is 0.158 e. The molecule has 0 aliphatic heterocycles. The molecule has 5 saturated carbocycles. The van der Waals surface area contributed by atoms with Crippen molar-refractivity contribution in [2.75, 3.05) is 19.5 Å². The number of aromatic nitrogens is 2. The highest BCUT2D eigenvalue weighted by molar-refractivity contribution is 5.83. The fourth-order valence-electron chi connectivity index (χ4n) is 10.1. The SMILES string of the molecule is COC[C@]12CC[C@@](C)(O)C[C@H]1CC[C@@H]1[C@@H]2CC[C@]2(C)C(C(=O)Cn3ccc(N)n3)C3CC3[C@@H]12. The van der Waals surface area contributed by atoms with Crippen molar-refractivity contribution < 1.29 is 14.6 Å². The molecule has 0 radical (unpaired) electrons. The average Bonchev–Trinajstić information content (AvgIpc) is 3.30. The predicted molar refractivity (Wildman–Crippen MR) is 126 cm³/mol. The molecule has 1 heterocycles. The second-order valence-corrected chi connectivity index (χ2v) is 12.9. The maximum atomic E-state index is 13.6. The number of ketones is 1. The summed E-state index contributed by atoms with van der Waals surface area (Å²) in [6.45, 7) is 5.66. The van der Waals surface area contributed by atoms with Crippen LogP contribution in [0, 0.1) is 52.3 Å². The van der Waals surface area contributed by atoms with Gasteiger partial charge in [-0.3, -0.25) is 9.48 Å². The number of nitrogens with two attached hydrogens (primary N) is 1. The number of ether oxygens (including phenoxy) is 1. The van der Waals surface area contributed by atoms with Crippen LogP contribution < -0.4 is 5.73 Å². The third kappa shape index (κ3) is 3.19. The molecular weight excluding hydrogens is 414 g/mol. The summed E-state index contributed by atoms with van der Waals surface area (Å²) in [5.74, 6) is 4.91. The Morgan fingerprint density at radius 3 is 2.76 bits per heavy atom. The zero-order valence-electron chi connectivity index (χ0n) is 20.5. The topological polar surface area (TPSA) is 90.4 Å². The first-order valence-corrected chi connectivity index (χ1v) is 13.2. The Morgan fingerprint density at radius 2 is 2.03 bits per heavy atom. The van der Waals surface area contributed by atoms with Gasteiger partial charge in [0.15, 0.2) is 5.78 Å². The van der Waals surface area contributed by atoms with E-state index >= 15 is 0 Å². The second-order valence-electron chi connectivity index (χ2n) is 12.9. The maximum absolute atomic E-state index is 13.6. The van der Waals surface area contributed by atoms with Gasteiger partial charge in [0.1, 0.15) is 5.82 Å². The zero-order chi connectivity index (χ0) is 23.2. The second kappa shape index (κ2) is 7.30. The van der Waals surface area contributed by atoms with Crippen LogP contribution in [0.2, 0.25) is 0 Å². The summed E-state index contributed by atoms with van der Waals surface area (Å²) in [7, 11) is 1.86. The number of hydrogen-bond donors (Lipinski definition) is 2. The van der Waals surface area contributed by atoms with Crippen LogP contribution in [-0.4, -0.2) is 40.0 Å². The third-order valence-electron chi connectivity index (χ3n) is 11.2. The van der Waals surface area contributed by atoms with Crippen LogP contribution in [0.1, 0.15) is 65.2 Å². The Hall–Kier alpha value is -1.40. The third-order valence-corrected chi connectivity index (χ3v) is 11.2. The predicted octanol–water partition coefficient (Wildman–Crippen LogP) is 3.93. The number of nitrogens with zero attached hydrogens (tertiary/aromatic N) is 2. The number of anilines is 1. The minimum atomic E-state index is -0.527. The van der Waals surface area contributed by atoms with Crippen LogP contribution in [-0.2, 0) is 16.1 Å². The lowest BCUT2D eigenvalue weighted by molar-refractivity contribution is -0.179. The first kappa shape index (κ1) is 22.1. The van der Waals surface area contributed by atoms with Crippen molar-refractivity contribution in [1.82, 2.24) is 9.78 Å². The molecular formula is C27H41N3O3. The molecule has 0 aromatic carbocycles. The molecule has 5 aliphatic carbocycles. The van der Waals surface area contributed by atoms with Crippen LogP contribution in [0.15, 0.2) is 12.3 Å². The monoisotopic (exact) mass is 455 g/mol. The summed E-state index contributed by atoms with van der Waals surface area (Å²) in [6, 6.07) is 1.77. The van der Waals surface area contributed by atoms with Gasteiger partial charge in [0.2, 0.25) is 0 Å². The van der Waals surface area contributed by atoms with Gasteiger partial charge in [-0.2, -0.15) is 5.10 Å². The fraction of sp³-hybridized carbons (Fsp3) is 0.852. The molecule has 6 nitrogen and oxygen atoms in total. The van der Waals surface area contributed by atoms with Gasteiger partial charge in [-0.15, -0.1) is 0 Å². The number of carbonyl (C=O) groups excluding carboxylic acids is 1. The molecule has 6 heteroatoms. The van der Waals surface area contributed by atoms with Gasteiger partial charge in [-0.05, 0) is 111 Å². The van der Waals surface area contributed by atoms with Crippen LogP contribution in [0.25, 0.3) is 0 Å². The molecule has 1 aromatic rings. The van der Waals surface area contributed by atoms with Gasteiger partial charge >= 0.3 is 0 Å². The highest BCUT2D eigenvalue weighted by Crippen LogP contribution is 2.76. The lowest BCUT2D eigenvalue weighted by atomic mass is 9.43. The molecule has 5 fully saturated rings. The standard InChI is InChI=1S/C27H41N3O3/c1-25(32)9-10-27(15-33-3)16(13-25)4-5-17-20(27)6-8-26(2)23(17)18-12-19(18)24(26)21(31)14-30-11-7-22(28)29-30/h7,11,16-20,23-24,32H,4-6,8-10,12-15H2,1-3H3,(H2,28,29)/t16-,17-,18?,19?,20+,23-,24?,25-,26+,27-/m1/s1. The van der Waals surface area contributed by atoms with Gasteiger partial charge in [0, 0.05) is 19.2 Å². The van der Waals surface area contributed by atoms with E-state index in [9.17, 15) is 9.90 Å². The van der Waals surface area contributed by atoms with Crippen molar-refractivity contribution >= 4 is 11.6 Å². The average molecular weight is 456 g/mol. The summed E-state index contributed by atoms with van der Waals surface area (Å²) in [5, 5.41) is 15.1. The van der Waals surface area contributed by atoms with E-state index in [1.807, 2.05) is 20.2 Å². The van der Waals surface area contributed by atoms with Gasteiger partial charge in [0.05, 0.1) is 18.8 Å². The number of nitrogen functional groups attached to an aromatic ring is 1. The molecule has 182 valence electrons. The number of carbonyl (C=O) groups is 1. The fourth-order valence-corrected chi connectivity index (χ4v) is 10.1. The molecule has 5 aliphatic rings. The number of rotatable bonds is 5. The molecule has 33 heavy (non-hydrogen) atoms. The number of fused-ring (bicyclic) bond motifs is 7. The number of methoxy groups -OCH3 is 1. The van der Waals surface area contributed by atoms with Crippen molar-refractivity contribution in [3.63, 3.8) is 0 Å². The Morgan fingerprint density at radius 1 is 1.21 bits per heavy atom.